The molecule has 5 heteroatoms. The molecule has 0 spiro atoms. The highest BCUT2D eigenvalue weighted by atomic mass is 32.4. The van der Waals surface area contributed by atoms with Crippen molar-refractivity contribution in [3.8, 4) is 0 Å². The van der Waals surface area contributed by atoms with E-state index in [1.807, 2.05) is 20.8 Å². The molecule has 0 fully saturated rings. The summed E-state index contributed by atoms with van der Waals surface area (Å²) < 4.78 is 16.6. The van der Waals surface area contributed by atoms with E-state index in [2.05, 4.69) is 6.58 Å². The van der Waals surface area contributed by atoms with E-state index in [4.69, 9.17) is 13.3 Å². The Morgan fingerprint density at radius 3 is 1.69 bits per heavy atom. The molecule has 0 heterocycles. The Morgan fingerprint density at radius 1 is 1.08 bits per heavy atom. The average Bonchev–Trinajstić information content (AvgIpc) is 2.06. The Bertz CT molecular complexity index is 126. The van der Waals surface area contributed by atoms with Crippen LogP contribution in [0.2, 0.25) is 0 Å². The third-order valence-electron chi connectivity index (χ3n) is 1.19. The van der Waals surface area contributed by atoms with Gasteiger partial charge in [-0.3, -0.25) is 0 Å². The summed E-state index contributed by atoms with van der Waals surface area (Å²) in [4.78, 5) is 0. The lowest BCUT2D eigenvalue weighted by atomic mass is 10.9. The lowest BCUT2D eigenvalue weighted by Gasteiger charge is -2.25. The Morgan fingerprint density at radius 2 is 1.46 bits per heavy atom. The van der Waals surface area contributed by atoms with E-state index in [-0.39, 0.29) is 0 Å². The van der Waals surface area contributed by atoms with E-state index in [1.165, 1.54) is 11.2 Å². The summed E-state index contributed by atoms with van der Waals surface area (Å²) in [6.45, 7) is 11.3. The number of hydrogen-bond donors (Lipinski definition) is 0. The third kappa shape index (κ3) is 4.83. The molecule has 0 bridgehead atoms. The maximum absolute atomic E-state index is 5.54. The second-order valence-corrected chi connectivity index (χ2v) is 6.73. The standard InChI is InChI=1S/C8H18O3SSi/c1-5-9-13(10-6-2,11-7-3)12-8-4/h8H,4-7H2,1-3H3. The van der Waals surface area contributed by atoms with Crippen molar-refractivity contribution in [1.82, 2.24) is 0 Å². The van der Waals surface area contributed by atoms with Gasteiger partial charge in [0.2, 0.25) is 0 Å². The van der Waals surface area contributed by atoms with Crippen molar-refractivity contribution in [2.45, 2.75) is 20.8 Å². The van der Waals surface area contributed by atoms with Crippen LogP contribution in [0, 0.1) is 0 Å². The van der Waals surface area contributed by atoms with Gasteiger partial charge in [0.05, 0.1) is 0 Å². The fourth-order valence-corrected chi connectivity index (χ4v) is 4.86. The van der Waals surface area contributed by atoms with Gasteiger partial charge in [-0.15, -0.1) is 0 Å². The quantitative estimate of drug-likeness (QED) is 0.590. The molecule has 0 radical (unpaired) electrons. The van der Waals surface area contributed by atoms with Gasteiger partial charge >= 0.3 is 7.95 Å². The maximum Gasteiger partial charge on any atom is 0.577 e. The van der Waals surface area contributed by atoms with Crippen molar-refractivity contribution < 1.29 is 13.3 Å². The predicted molar refractivity (Wildman–Crippen MR) is 58.4 cm³/mol. The highest BCUT2D eigenvalue weighted by Gasteiger charge is 2.41. The summed E-state index contributed by atoms with van der Waals surface area (Å²) in [6, 6.07) is 0. The topological polar surface area (TPSA) is 27.7 Å². The van der Waals surface area contributed by atoms with Crippen LogP contribution in [0.1, 0.15) is 20.8 Å². The van der Waals surface area contributed by atoms with E-state index in [0.29, 0.717) is 19.8 Å². The van der Waals surface area contributed by atoms with E-state index < -0.39 is 7.95 Å². The molecule has 0 aromatic rings. The van der Waals surface area contributed by atoms with Gasteiger partial charge in [-0.25, -0.2) is 0 Å². The van der Waals surface area contributed by atoms with Gasteiger partial charge in [0.25, 0.3) is 0 Å². The molecular formula is C8H18O3SSi. The van der Waals surface area contributed by atoms with Gasteiger partial charge in [0.1, 0.15) is 0 Å². The first-order valence-corrected chi connectivity index (χ1v) is 7.78. The minimum Gasteiger partial charge on any atom is -0.365 e. The molecule has 0 atom stereocenters. The molecule has 0 aromatic heterocycles. The van der Waals surface area contributed by atoms with Crippen LogP contribution in [0.3, 0.4) is 0 Å². The van der Waals surface area contributed by atoms with Crippen LogP contribution >= 0.6 is 11.2 Å². The second-order valence-electron chi connectivity index (χ2n) is 2.08. The minimum atomic E-state index is -2.50. The van der Waals surface area contributed by atoms with Crippen LogP contribution in [0.4, 0.5) is 0 Å². The lowest BCUT2D eigenvalue weighted by Crippen LogP contribution is -2.42. The molecule has 0 N–H and O–H groups in total. The Kier molecular flexibility index (Phi) is 7.69. The first kappa shape index (κ1) is 13.2. The highest BCUT2D eigenvalue weighted by Crippen LogP contribution is 2.25. The van der Waals surface area contributed by atoms with Crippen molar-refractivity contribution >= 4 is 19.2 Å². The lowest BCUT2D eigenvalue weighted by molar-refractivity contribution is 0.0968. The predicted octanol–water partition coefficient (Wildman–Crippen LogP) is 2.41. The van der Waals surface area contributed by atoms with E-state index in [9.17, 15) is 0 Å². The Labute approximate surface area is 85.5 Å². The van der Waals surface area contributed by atoms with Crippen molar-refractivity contribution in [3.63, 3.8) is 0 Å². The summed E-state index contributed by atoms with van der Waals surface area (Å²) >= 11 is 1.43. The summed E-state index contributed by atoms with van der Waals surface area (Å²) in [5, 5.41) is 1.72. The molecule has 0 unspecified atom stereocenters. The summed E-state index contributed by atoms with van der Waals surface area (Å²) in [6.07, 6.45) is 0. The maximum atomic E-state index is 5.54. The molecule has 78 valence electrons. The SMILES string of the molecule is C=CS[Si](OCC)(OCC)OCC. The first-order valence-electron chi connectivity index (χ1n) is 4.45. The zero-order valence-electron chi connectivity index (χ0n) is 8.54. The molecule has 0 saturated carbocycles. The summed E-state index contributed by atoms with van der Waals surface area (Å²) in [5.74, 6) is 0. The number of rotatable bonds is 8. The van der Waals surface area contributed by atoms with E-state index >= 15 is 0 Å². The average molecular weight is 222 g/mol. The summed E-state index contributed by atoms with van der Waals surface area (Å²) in [5.41, 5.74) is 0. The van der Waals surface area contributed by atoms with Gasteiger partial charge in [0.15, 0.2) is 0 Å². The van der Waals surface area contributed by atoms with E-state index in [0.717, 1.165) is 0 Å². The zero-order chi connectivity index (χ0) is 10.2. The molecule has 0 saturated heterocycles. The first-order chi connectivity index (χ1) is 6.24. The molecule has 0 aliphatic rings. The third-order valence-corrected chi connectivity index (χ3v) is 6.00. The van der Waals surface area contributed by atoms with Crippen molar-refractivity contribution in [3.05, 3.63) is 12.0 Å². The van der Waals surface area contributed by atoms with Crippen LogP contribution in [0.25, 0.3) is 0 Å². The van der Waals surface area contributed by atoms with Gasteiger partial charge in [-0.2, -0.15) is 0 Å². The Balaban J connectivity index is 4.27. The second kappa shape index (κ2) is 7.58. The molecule has 0 aromatic carbocycles. The monoisotopic (exact) mass is 222 g/mol. The minimum absolute atomic E-state index is 0.604. The van der Waals surface area contributed by atoms with Crippen molar-refractivity contribution in [2.75, 3.05) is 19.8 Å². The molecule has 0 aliphatic heterocycles. The number of hydrogen-bond acceptors (Lipinski definition) is 4. The van der Waals surface area contributed by atoms with Crippen LogP contribution in [-0.2, 0) is 13.3 Å². The molecule has 13 heavy (non-hydrogen) atoms. The largest absolute Gasteiger partial charge is 0.577 e. The van der Waals surface area contributed by atoms with Crippen LogP contribution in [-0.4, -0.2) is 27.8 Å². The molecule has 0 aliphatic carbocycles. The zero-order valence-corrected chi connectivity index (χ0v) is 10.4. The highest BCUT2D eigenvalue weighted by molar-refractivity contribution is 8.28. The molecular weight excluding hydrogens is 204 g/mol. The smallest absolute Gasteiger partial charge is 0.365 e. The van der Waals surface area contributed by atoms with Crippen LogP contribution in [0.15, 0.2) is 12.0 Å². The molecule has 0 rings (SSSR count). The van der Waals surface area contributed by atoms with Crippen molar-refractivity contribution in [1.29, 1.82) is 0 Å². The summed E-state index contributed by atoms with van der Waals surface area (Å²) in [7, 11) is -2.50. The van der Waals surface area contributed by atoms with Crippen LogP contribution < -0.4 is 0 Å². The van der Waals surface area contributed by atoms with E-state index in [1.54, 1.807) is 5.41 Å². The normalized spacial score (nSPS) is 11.6. The van der Waals surface area contributed by atoms with Gasteiger partial charge in [0, 0.05) is 19.8 Å². The Hall–Kier alpha value is 0.187. The molecule has 3 nitrogen and oxygen atoms in total. The van der Waals surface area contributed by atoms with Crippen molar-refractivity contribution in [2.24, 2.45) is 0 Å². The van der Waals surface area contributed by atoms with Crippen LogP contribution in [0.5, 0.6) is 0 Å². The van der Waals surface area contributed by atoms with Gasteiger partial charge < -0.3 is 13.3 Å². The fourth-order valence-electron chi connectivity index (χ4n) is 0.859. The molecule has 0 amide bonds. The van der Waals surface area contributed by atoms with Gasteiger partial charge in [-0.05, 0) is 26.2 Å². The van der Waals surface area contributed by atoms with Gasteiger partial charge in [-0.1, -0.05) is 17.8 Å². The fraction of sp³-hybridized carbons (Fsp3) is 0.750.